The molecule has 7 nitrogen and oxygen atoms in total. The van der Waals surface area contributed by atoms with E-state index in [1.807, 2.05) is 0 Å². The van der Waals surface area contributed by atoms with Gasteiger partial charge in [-0.3, -0.25) is 4.98 Å². The molecular formula is C22H18F3N5O2. The van der Waals surface area contributed by atoms with Gasteiger partial charge in [0.05, 0.1) is 31.0 Å². The summed E-state index contributed by atoms with van der Waals surface area (Å²) < 4.78 is 51.2. The highest BCUT2D eigenvalue weighted by Gasteiger charge is 2.33. The number of halogens is 3. The minimum atomic E-state index is -4.54. The zero-order chi connectivity index (χ0) is 22.7. The van der Waals surface area contributed by atoms with E-state index in [0.29, 0.717) is 28.1 Å². The third-order valence-electron chi connectivity index (χ3n) is 4.62. The minimum Gasteiger partial charge on any atom is -0.493 e. The van der Waals surface area contributed by atoms with Crippen LogP contribution < -0.4 is 20.1 Å². The fourth-order valence-electron chi connectivity index (χ4n) is 3.14. The summed E-state index contributed by atoms with van der Waals surface area (Å²) in [7, 11) is 2.95. The molecule has 164 valence electrons. The highest BCUT2D eigenvalue weighted by molar-refractivity contribution is 5.94. The number of benzene rings is 2. The van der Waals surface area contributed by atoms with Gasteiger partial charge in [0.25, 0.3) is 0 Å². The van der Waals surface area contributed by atoms with E-state index in [9.17, 15) is 13.2 Å². The molecule has 0 spiro atoms. The van der Waals surface area contributed by atoms with Crippen LogP contribution in [-0.2, 0) is 6.18 Å². The highest BCUT2D eigenvalue weighted by atomic mass is 19.4. The number of ether oxygens (including phenoxy) is 2. The summed E-state index contributed by atoms with van der Waals surface area (Å²) in [6, 6.07) is 11.9. The lowest BCUT2D eigenvalue weighted by Crippen LogP contribution is -2.10. The minimum absolute atomic E-state index is 0.135. The molecule has 2 aromatic carbocycles. The standard InChI is InChI=1S/C22H18F3N5O2/c1-31-18-11-14-17(12-19(18)32-2)29-21(27-13-7-9-26-10-8-13)30-20(14)28-16-6-4-3-5-15(16)22(23,24)25/h3-12H,1-2H3,(H2,26,27,28,29,30). The van der Waals surface area contributed by atoms with Crippen molar-refractivity contribution in [3.63, 3.8) is 0 Å². The molecule has 0 atom stereocenters. The quantitative estimate of drug-likeness (QED) is 0.406. The molecule has 2 aromatic heterocycles. The molecule has 0 saturated carbocycles. The number of nitrogens with one attached hydrogen (secondary N) is 2. The first-order valence-electron chi connectivity index (χ1n) is 9.43. The Hall–Kier alpha value is -4.08. The summed E-state index contributed by atoms with van der Waals surface area (Å²) in [5, 5.41) is 6.31. The molecule has 2 N–H and O–H groups in total. The normalized spacial score (nSPS) is 11.3. The Labute approximate surface area is 181 Å². The number of methoxy groups -OCH3 is 2. The van der Waals surface area contributed by atoms with Crippen LogP contribution in [0.2, 0.25) is 0 Å². The first-order valence-corrected chi connectivity index (χ1v) is 9.43. The van der Waals surface area contributed by atoms with Gasteiger partial charge in [0.15, 0.2) is 11.5 Å². The van der Waals surface area contributed by atoms with Crippen molar-refractivity contribution in [2.45, 2.75) is 6.18 Å². The van der Waals surface area contributed by atoms with Crippen LogP contribution in [0, 0.1) is 0 Å². The van der Waals surface area contributed by atoms with Crippen molar-refractivity contribution in [3.05, 3.63) is 66.5 Å². The third-order valence-corrected chi connectivity index (χ3v) is 4.62. The fraction of sp³-hybridized carbons (Fsp3) is 0.136. The van der Waals surface area contributed by atoms with Crippen molar-refractivity contribution >= 4 is 34.0 Å². The Morgan fingerprint density at radius 1 is 0.844 bits per heavy atom. The molecule has 0 saturated heterocycles. The van der Waals surface area contributed by atoms with Gasteiger partial charge in [0, 0.05) is 29.5 Å². The second-order valence-electron chi connectivity index (χ2n) is 6.65. The molecule has 0 amide bonds. The Morgan fingerprint density at radius 3 is 2.22 bits per heavy atom. The third kappa shape index (κ3) is 4.34. The van der Waals surface area contributed by atoms with Gasteiger partial charge < -0.3 is 20.1 Å². The summed E-state index contributed by atoms with van der Waals surface area (Å²) in [5.41, 5.74) is 0.170. The summed E-state index contributed by atoms with van der Waals surface area (Å²) in [4.78, 5) is 12.9. The predicted octanol–water partition coefficient (Wildman–Crippen LogP) is 5.55. The lowest BCUT2D eigenvalue weighted by molar-refractivity contribution is -0.136. The number of pyridine rings is 1. The summed E-state index contributed by atoms with van der Waals surface area (Å²) in [5.74, 6) is 1.17. The second-order valence-corrected chi connectivity index (χ2v) is 6.65. The van der Waals surface area contributed by atoms with Crippen molar-refractivity contribution < 1.29 is 22.6 Å². The van der Waals surface area contributed by atoms with Crippen LogP contribution in [-0.4, -0.2) is 29.2 Å². The summed E-state index contributed by atoms with van der Waals surface area (Å²) >= 11 is 0. The molecule has 2 heterocycles. The monoisotopic (exact) mass is 441 g/mol. The number of rotatable bonds is 6. The van der Waals surface area contributed by atoms with Gasteiger partial charge in [-0.1, -0.05) is 12.1 Å². The van der Waals surface area contributed by atoms with Gasteiger partial charge in [0.2, 0.25) is 5.95 Å². The van der Waals surface area contributed by atoms with Crippen LogP contribution in [0.5, 0.6) is 11.5 Å². The van der Waals surface area contributed by atoms with E-state index >= 15 is 0 Å². The first kappa shape index (κ1) is 21.2. The van der Waals surface area contributed by atoms with E-state index in [1.165, 1.54) is 32.4 Å². The number of aromatic nitrogens is 3. The second kappa shape index (κ2) is 8.58. The number of para-hydroxylation sites is 1. The lowest BCUT2D eigenvalue weighted by atomic mass is 10.1. The van der Waals surface area contributed by atoms with Gasteiger partial charge in [-0.25, -0.2) is 4.98 Å². The van der Waals surface area contributed by atoms with Crippen molar-refractivity contribution in [3.8, 4) is 11.5 Å². The maximum atomic E-state index is 13.5. The average molecular weight is 441 g/mol. The number of anilines is 4. The van der Waals surface area contributed by atoms with Gasteiger partial charge in [-0.2, -0.15) is 18.2 Å². The molecular weight excluding hydrogens is 423 g/mol. The lowest BCUT2D eigenvalue weighted by Gasteiger charge is -2.17. The van der Waals surface area contributed by atoms with E-state index in [0.717, 1.165) is 6.07 Å². The number of nitrogens with zero attached hydrogens (tertiary/aromatic N) is 3. The van der Waals surface area contributed by atoms with Crippen LogP contribution in [0.25, 0.3) is 10.9 Å². The van der Waals surface area contributed by atoms with E-state index in [1.54, 1.807) is 36.7 Å². The SMILES string of the molecule is COc1cc2nc(Nc3ccncc3)nc(Nc3ccccc3C(F)(F)F)c2cc1OC. The van der Waals surface area contributed by atoms with Crippen molar-refractivity contribution in [2.75, 3.05) is 24.9 Å². The van der Waals surface area contributed by atoms with Crippen LogP contribution in [0.15, 0.2) is 60.9 Å². The number of hydrogen-bond acceptors (Lipinski definition) is 7. The molecule has 10 heteroatoms. The van der Waals surface area contributed by atoms with Gasteiger partial charge in [-0.15, -0.1) is 0 Å². The van der Waals surface area contributed by atoms with Gasteiger partial charge in [-0.05, 0) is 30.3 Å². The van der Waals surface area contributed by atoms with Crippen molar-refractivity contribution in [1.29, 1.82) is 0 Å². The van der Waals surface area contributed by atoms with Gasteiger partial charge in [0.1, 0.15) is 5.82 Å². The van der Waals surface area contributed by atoms with E-state index < -0.39 is 11.7 Å². The number of fused-ring (bicyclic) bond motifs is 1. The Kier molecular flexibility index (Phi) is 5.67. The Bertz CT molecular complexity index is 1250. The predicted molar refractivity (Wildman–Crippen MR) is 115 cm³/mol. The molecule has 4 aromatic rings. The molecule has 0 fully saturated rings. The van der Waals surface area contributed by atoms with Crippen LogP contribution in [0.1, 0.15) is 5.56 Å². The summed E-state index contributed by atoms with van der Waals surface area (Å²) in [6.07, 6.45) is -1.35. The Morgan fingerprint density at radius 2 is 1.53 bits per heavy atom. The van der Waals surface area contributed by atoms with Crippen molar-refractivity contribution in [2.24, 2.45) is 0 Å². The zero-order valence-electron chi connectivity index (χ0n) is 17.1. The fourth-order valence-corrected chi connectivity index (χ4v) is 3.14. The summed E-state index contributed by atoms with van der Waals surface area (Å²) in [6.45, 7) is 0. The maximum absolute atomic E-state index is 13.5. The first-order chi connectivity index (χ1) is 15.4. The molecule has 0 bridgehead atoms. The van der Waals surface area contributed by atoms with E-state index in [4.69, 9.17) is 9.47 Å². The van der Waals surface area contributed by atoms with Gasteiger partial charge >= 0.3 is 6.18 Å². The smallest absolute Gasteiger partial charge is 0.418 e. The van der Waals surface area contributed by atoms with Crippen molar-refractivity contribution in [1.82, 2.24) is 15.0 Å². The molecule has 0 radical (unpaired) electrons. The Balaban J connectivity index is 1.87. The molecule has 4 rings (SSSR count). The van der Waals surface area contributed by atoms with Crippen LogP contribution in [0.4, 0.5) is 36.3 Å². The zero-order valence-corrected chi connectivity index (χ0v) is 17.1. The number of hydrogen-bond donors (Lipinski definition) is 2. The molecule has 32 heavy (non-hydrogen) atoms. The molecule has 0 aliphatic carbocycles. The van der Waals surface area contributed by atoms with Crippen LogP contribution in [0.3, 0.4) is 0 Å². The van der Waals surface area contributed by atoms with Crippen LogP contribution >= 0.6 is 0 Å². The molecule has 0 aliphatic rings. The largest absolute Gasteiger partial charge is 0.493 e. The van der Waals surface area contributed by atoms with E-state index in [2.05, 4.69) is 25.6 Å². The number of alkyl halides is 3. The molecule has 0 aliphatic heterocycles. The van der Waals surface area contributed by atoms with E-state index in [-0.39, 0.29) is 17.5 Å². The maximum Gasteiger partial charge on any atom is 0.418 e. The molecule has 0 unspecified atom stereocenters. The average Bonchev–Trinajstić information content (AvgIpc) is 2.78. The topological polar surface area (TPSA) is 81.2 Å². The highest BCUT2D eigenvalue weighted by Crippen LogP contribution is 2.39.